The molecule has 15 heavy (non-hydrogen) atoms. The number of aliphatic hydroxyl groups excluding tert-OH is 1. The van der Waals surface area contributed by atoms with Crippen LogP contribution in [0.3, 0.4) is 0 Å². The van der Waals surface area contributed by atoms with E-state index in [-0.39, 0.29) is 19.6 Å². The number of carbonyl (C=O) groups excluding carboxylic acids is 1. The fraction of sp³-hybridized carbons (Fsp3) is 0.556. The monoisotopic (exact) mass is 214 g/mol. The van der Waals surface area contributed by atoms with E-state index in [4.69, 9.17) is 10.2 Å². The first-order chi connectivity index (χ1) is 7.11. The van der Waals surface area contributed by atoms with Crippen molar-refractivity contribution in [2.24, 2.45) is 0 Å². The molecule has 0 aliphatic rings. The zero-order chi connectivity index (χ0) is 11.7. The van der Waals surface area contributed by atoms with Gasteiger partial charge in [0.25, 0.3) is 0 Å². The first-order valence-electron chi connectivity index (χ1n) is 4.39. The predicted molar refractivity (Wildman–Crippen MR) is 53.1 cm³/mol. The molecule has 0 spiro atoms. The second kappa shape index (κ2) is 7.64. The van der Waals surface area contributed by atoms with E-state index in [1.165, 1.54) is 0 Å². The van der Waals surface area contributed by atoms with Gasteiger partial charge in [0.15, 0.2) is 0 Å². The smallest absolute Gasteiger partial charge is 0.326 e. The number of rotatable bonds is 5. The lowest BCUT2D eigenvalue weighted by atomic mass is 10.2. The number of carbonyl (C=O) groups is 2. The van der Waals surface area contributed by atoms with Crippen LogP contribution in [0.15, 0.2) is 0 Å². The second-order valence-electron chi connectivity index (χ2n) is 2.66. The Morgan fingerprint density at radius 2 is 2.13 bits per heavy atom. The molecule has 0 saturated heterocycles. The van der Waals surface area contributed by atoms with Gasteiger partial charge in [-0.15, -0.1) is 5.92 Å². The molecule has 4 N–H and O–H groups in total. The van der Waals surface area contributed by atoms with Gasteiger partial charge in [-0.3, -0.25) is 0 Å². The molecule has 84 valence electrons. The first kappa shape index (κ1) is 13.3. The quantitative estimate of drug-likeness (QED) is 0.448. The average Bonchev–Trinajstić information content (AvgIpc) is 2.17. The van der Waals surface area contributed by atoms with Crippen molar-refractivity contribution in [1.82, 2.24) is 10.6 Å². The summed E-state index contributed by atoms with van der Waals surface area (Å²) in [6.07, 6.45) is -0.0256. The van der Waals surface area contributed by atoms with Crippen LogP contribution in [0.5, 0.6) is 0 Å². The van der Waals surface area contributed by atoms with Crippen molar-refractivity contribution in [3.63, 3.8) is 0 Å². The van der Waals surface area contributed by atoms with Crippen LogP contribution in [0.25, 0.3) is 0 Å². The summed E-state index contributed by atoms with van der Waals surface area (Å²) in [7, 11) is 0. The number of urea groups is 1. The third-order valence-corrected chi connectivity index (χ3v) is 1.54. The molecular formula is C9H14N2O4. The average molecular weight is 214 g/mol. The van der Waals surface area contributed by atoms with E-state index in [1.807, 2.05) is 0 Å². The highest BCUT2D eigenvalue weighted by atomic mass is 16.4. The van der Waals surface area contributed by atoms with Crippen molar-refractivity contribution in [3.05, 3.63) is 0 Å². The minimum absolute atomic E-state index is 0.0256. The van der Waals surface area contributed by atoms with Crippen LogP contribution in [0, 0.1) is 11.8 Å². The standard InChI is InChI=1S/C9H14N2O4/c1-2-3-5-10-9(15)11-7(4-6-12)8(13)14/h7,12H,4-6H2,1H3,(H,13,14)(H2,10,11,15)/t7-/m1/s1. The summed E-state index contributed by atoms with van der Waals surface area (Å²) in [5.41, 5.74) is 0. The predicted octanol–water partition coefficient (Wildman–Crippen LogP) is -0.855. The highest BCUT2D eigenvalue weighted by Gasteiger charge is 2.18. The highest BCUT2D eigenvalue weighted by Crippen LogP contribution is 1.90. The molecule has 0 fully saturated rings. The Morgan fingerprint density at radius 1 is 1.47 bits per heavy atom. The fourth-order valence-electron chi connectivity index (χ4n) is 0.809. The van der Waals surface area contributed by atoms with Crippen molar-refractivity contribution in [2.45, 2.75) is 19.4 Å². The van der Waals surface area contributed by atoms with E-state index in [0.29, 0.717) is 0 Å². The summed E-state index contributed by atoms with van der Waals surface area (Å²) < 4.78 is 0. The van der Waals surface area contributed by atoms with Crippen molar-refractivity contribution in [2.75, 3.05) is 13.2 Å². The van der Waals surface area contributed by atoms with E-state index in [0.717, 1.165) is 0 Å². The van der Waals surface area contributed by atoms with Gasteiger partial charge in [-0.1, -0.05) is 5.92 Å². The molecule has 0 rings (SSSR count). The summed E-state index contributed by atoms with van der Waals surface area (Å²) in [6.45, 7) is 1.49. The molecule has 0 radical (unpaired) electrons. The molecule has 0 unspecified atom stereocenters. The Labute approximate surface area is 87.7 Å². The van der Waals surface area contributed by atoms with Gasteiger partial charge >= 0.3 is 12.0 Å². The molecule has 6 nitrogen and oxygen atoms in total. The molecule has 0 aromatic heterocycles. The lowest BCUT2D eigenvalue weighted by Gasteiger charge is -2.12. The maximum absolute atomic E-state index is 11.1. The summed E-state index contributed by atoms with van der Waals surface area (Å²) in [4.78, 5) is 21.6. The zero-order valence-corrected chi connectivity index (χ0v) is 8.41. The number of carboxylic acids is 1. The molecule has 6 heteroatoms. The van der Waals surface area contributed by atoms with Gasteiger partial charge in [0.2, 0.25) is 0 Å². The van der Waals surface area contributed by atoms with Gasteiger partial charge in [-0.05, 0) is 6.92 Å². The number of amides is 2. The van der Waals surface area contributed by atoms with E-state index >= 15 is 0 Å². The fourth-order valence-corrected chi connectivity index (χ4v) is 0.809. The topological polar surface area (TPSA) is 98.7 Å². The summed E-state index contributed by atoms with van der Waals surface area (Å²) in [6, 6.07) is -1.69. The summed E-state index contributed by atoms with van der Waals surface area (Å²) >= 11 is 0. The van der Waals surface area contributed by atoms with E-state index in [1.54, 1.807) is 6.92 Å². The number of hydrogen-bond donors (Lipinski definition) is 4. The van der Waals surface area contributed by atoms with Crippen LogP contribution < -0.4 is 10.6 Å². The Hall–Kier alpha value is -1.74. The minimum Gasteiger partial charge on any atom is -0.480 e. The number of aliphatic carboxylic acids is 1. The van der Waals surface area contributed by atoms with Crippen molar-refractivity contribution >= 4 is 12.0 Å². The van der Waals surface area contributed by atoms with E-state index < -0.39 is 18.0 Å². The van der Waals surface area contributed by atoms with Crippen molar-refractivity contribution in [1.29, 1.82) is 0 Å². The molecule has 0 heterocycles. The van der Waals surface area contributed by atoms with Gasteiger partial charge < -0.3 is 20.8 Å². The van der Waals surface area contributed by atoms with Crippen molar-refractivity contribution < 1.29 is 19.8 Å². The normalized spacial score (nSPS) is 10.8. The lowest BCUT2D eigenvalue weighted by Crippen LogP contribution is -2.46. The van der Waals surface area contributed by atoms with Crippen molar-refractivity contribution in [3.8, 4) is 11.8 Å². The number of nitrogens with one attached hydrogen (secondary N) is 2. The lowest BCUT2D eigenvalue weighted by molar-refractivity contribution is -0.139. The molecule has 0 saturated carbocycles. The molecule has 0 aliphatic heterocycles. The van der Waals surface area contributed by atoms with Crippen LogP contribution in [0.4, 0.5) is 4.79 Å². The van der Waals surface area contributed by atoms with Gasteiger partial charge in [0, 0.05) is 13.0 Å². The van der Waals surface area contributed by atoms with E-state index in [9.17, 15) is 9.59 Å². The number of carboxylic acid groups (broad SMARTS) is 1. The third-order valence-electron chi connectivity index (χ3n) is 1.54. The number of aliphatic hydroxyl groups is 1. The van der Waals surface area contributed by atoms with Crippen LogP contribution in [-0.2, 0) is 4.79 Å². The Balaban J connectivity index is 3.97. The molecule has 2 amide bonds. The van der Waals surface area contributed by atoms with Gasteiger partial charge in [0.1, 0.15) is 6.04 Å². The summed E-state index contributed by atoms with van der Waals surface area (Å²) in [5.74, 6) is 3.99. The third kappa shape index (κ3) is 6.35. The molecule has 0 bridgehead atoms. The molecule has 0 aliphatic carbocycles. The Bertz CT molecular complexity index is 280. The van der Waals surface area contributed by atoms with Gasteiger partial charge in [-0.2, -0.15) is 0 Å². The van der Waals surface area contributed by atoms with Crippen LogP contribution in [0.2, 0.25) is 0 Å². The van der Waals surface area contributed by atoms with E-state index in [2.05, 4.69) is 22.5 Å². The highest BCUT2D eigenvalue weighted by molar-refractivity contribution is 5.82. The largest absolute Gasteiger partial charge is 0.480 e. The second-order valence-corrected chi connectivity index (χ2v) is 2.66. The molecule has 1 atom stereocenters. The maximum Gasteiger partial charge on any atom is 0.326 e. The Morgan fingerprint density at radius 3 is 2.60 bits per heavy atom. The van der Waals surface area contributed by atoms with Gasteiger partial charge in [0.05, 0.1) is 6.54 Å². The van der Waals surface area contributed by atoms with Crippen LogP contribution in [0.1, 0.15) is 13.3 Å². The van der Waals surface area contributed by atoms with Crippen LogP contribution >= 0.6 is 0 Å². The molecule has 0 aromatic rings. The summed E-state index contributed by atoms with van der Waals surface area (Å²) in [5, 5.41) is 21.8. The maximum atomic E-state index is 11.1. The molecule has 0 aromatic carbocycles. The molecular weight excluding hydrogens is 200 g/mol. The minimum atomic E-state index is -1.18. The first-order valence-corrected chi connectivity index (χ1v) is 4.39. The Kier molecular flexibility index (Phi) is 6.76. The number of hydrogen-bond acceptors (Lipinski definition) is 3. The van der Waals surface area contributed by atoms with Crippen LogP contribution in [-0.4, -0.2) is 41.4 Å². The zero-order valence-electron chi connectivity index (χ0n) is 8.41. The van der Waals surface area contributed by atoms with Gasteiger partial charge in [-0.25, -0.2) is 9.59 Å². The SMILES string of the molecule is CC#CCNC(=O)N[C@H](CCO)C(=O)O.